The molecule has 1 unspecified atom stereocenters. The second-order valence-electron chi connectivity index (χ2n) is 3.62. The molecule has 0 spiro atoms. The van der Waals surface area contributed by atoms with Crippen LogP contribution in [0.1, 0.15) is 17.4 Å². The van der Waals surface area contributed by atoms with Crippen molar-refractivity contribution in [3.05, 3.63) is 46.3 Å². The normalized spacial score (nSPS) is 12.2. The summed E-state index contributed by atoms with van der Waals surface area (Å²) in [5, 5.41) is 10.3. The molecule has 2 aromatic rings. The van der Waals surface area contributed by atoms with Gasteiger partial charge in [0.05, 0.1) is 25.0 Å². The first-order chi connectivity index (χ1) is 8.69. The fraction of sp³-hybridized carbons (Fsp3) is 0.231. The maximum atomic E-state index is 10.3. The molecule has 0 radical (unpaired) electrons. The van der Waals surface area contributed by atoms with Crippen molar-refractivity contribution in [3.63, 3.8) is 0 Å². The fourth-order valence-electron chi connectivity index (χ4n) is 1.77. The lowest BCUT2D eigenvalue weighted by Gasteiger charge is -2.15. The summed E-state index contributed by atoms with van der Waals surface area (Å²) in [7, 11) is 3.09. The van der Waals surface area contributed by atoms with Crippen molar-refractivity contribution in [2.75, 3.05) is 14.2 Å². The Morgan fingerprint density at radius 2 is 2.00 bits per heavy atom. The number of rotatable bonds is 4. The van der Waals surface area contributed by atoms with E-state index in [1.165, 1.54) is 13.4 Å². The predicted molar refractivity (Wildman–Crippen MR) is 70.0 cm³/mol. The van der Waals surface area contributed by atoms with Crippen LogP contribution in [0.25, 0.3) is 0 Å². The van der Waals surface area contributed by atoms with Gasteiger partial charge in [0.1, 0.15) is 6.10 Å². The minimum atomic E-state index is -0.917. The van der Waals surface area contributed by atoms with Crippen LogP contribution >= 0.6 is 15.9 Å². The third kappa shape index (κ3) is 2.23. The number of hydrogen-bond acceptors (Lipinski definition) is 4. The Bertz CT molecular complexity index is 536. The molecule has 1 heterocycles. The average Bonchev–Trinajstić information content (AvgIpc) is 2.83. The lowest BCUT2D eigenvalue weighted by Crippen LogP contribution is -2.03. The predicted octanol–water partition coefficient (Wildman–Crippen LogP) is 3.14. The Labute approximate surface area is 113 Å². The van der Waals surface area contributed by atoms with Gasteiger partial charge in [-0.15, -0.1) is 0 Å². The fourth-order valence-corrected chi connectivity index (χ4v) is 2.19. The Balaban J connectivity index is 2.48. The summed E-state index contributed by atoms with van der Waals surface area (Å²) >= 11 is 3.32. The molecule has 96 valence electrons. The first kappa shape index (κ1) is 13.0. The van der Waals surface area contributed by atoms with Gasteiger partial charge in [-0.1, -0.05) is 12.1 Å². The van der Waals surface area contributed by atoms with Crippen molar-refractivity contribution in [1.29, 1.82) is 0 Å². The summed E-state index contributed by atoms with van der Waals surface area (Å²) in [5.41, 5.74) is 0.590. The third-order valence-corrected chi connectivity index (χ3v) is 3.28. The summed E-state index contributed by atoms with van der Waals surface area (Å²) in [4.78, 5) is 0. The van der Waals surface area contributed by atoms with Crippen LogP contribution < -0.4 is 9.47 Å². The van der Waals surface area contributed by atoms with Crippen LogP contribution in [0.3, 0.4) is 0 Å². The minimum Gasteiger partial charge on any atom is -0.493 e. The van der Waals surface area contributed by atoms with Gasteiger partial charge in [-0.25, -0.2) is 0 Å². The van der Waals surface area contributed by atoms with Crippen LogP contribution in [0, 0.1) is 0 Å². The van der Waals surface area contributed by atoms with E-state index in [0.29, 0.717) is 27.3 Å². The second-order valence-corrected chi connectivity index (χ2v) is 4.47. The second kappa shape index (κ2) is 5.46. The summed E-state index contributed by atoms with van der Waals surface area (Å²) in [6.45, 7) is 0. The lowest BCUT2D eigenvalue weighted by atomic mass is 10.1. The number of methoxy groups -OCH3 is 2. The zero-order valence-electron chi connectivity index (χ0n) is 10.0. The molecule has 0 saturated carbocycles. The summed E-state index contributed by atoms with van der Waals surface area (Å²) < 4.78 is 16.4. The molecule has 0 saturated heterocycles. The molecule has 0 aliphatic rings. The van der Waals surface area contributed by atoms with E-state index >= 15 is 0 Å². The summed E-state index contributed by atoms with van der Waals surface area (Å²) in [6.07, 6.45) is 0.592. The van der Waals surface area contributed by atoms with Crippen LogP contribution in [0.2, 0.25) is 0 Å². The highest BCUT2D eigenvalue weighted by molar-refractivity contribution is 9.10. The molecule has 0 bridgehead atoms. The van der Waals surface area contributed by atoms with Gasteiger partial charge in [-0.3, -0.25) is 0 Å². The summed E-state index contributed by atoms with van der Waals surface area (Å²) in [5.74, 6) is 1.49. The van der Waals surface area contributed by atoms with Crippen LogP contribution in [-0.2, 0) is 0 Å². The highest BCUT2D eigenvalue weighted by Crippen LogP contribution is 2.39. The molecule has 2 rings (SSSR count). The maximum Gasteiger partial charge on any atom is 0.166 e. The number of aliphatic hydroxyl groups is 1. The van der Waals surface area contributed by atoms with Gasteiger partial charge in [-0.2, -0.15) is 0 Å². The van der Waals surface area contributed by atoms with Gasteiger partial charge >= 0.3 is 0 Å². The van der Waals surface area contributed by atoms with Crippen molar-refractivity contribution in [2.45, 2.75) is 6.10 Å². The molecule has 5 heteroatoms. The molecule has 0 amide bonds. The van der Waals surface area contributed by atoms with Crippen LogP contribution in [-0.4, -0.2) is 19.3 Å². The van der Waals surface area contributed by atoms with Gasteiger partial charge < -0.3 is 19.0 Å². The SMILES string of the molecule is COc1cccc(C(O)c2occc2Br)c1OC. The molecule has 0 aliphatic carbocycles. The molecular weight excluding hydrogens is 300 g/mol. The van der Waals surface area contributed by atoms with Crippen molar-refractivity contribution in [1.82, 2.24) is 0 Å². The number of para-hydroxylation sites is 1. The Morgan fingerprint density at radius 3 is 2.56 bits per heavy atom. The standard InChI is InChI=1S/C13H13BrO4/c1-16-10-5-3-4-8(12(10)17-2)11(15)13-9(14)6-7-18-13/h3-7,11,15H,1-2H3. The zero-order chi connectivity index (χ0) is 13.1. The van der Waals surface area contributed by atoms with E-state index in [0.717, 1.165) is 0 Å². The number of ether oxygens (including phenoxy) is 2. The molecule has 1 aromatic heterocycles. The van der Waals surface area contributed by atoms with Crippen LogP contribution in [0.5, 0.6) is 11.5 Å². The van der Waals surface area contributed by atoms with Gasteiger partial charge in [-0.05, 0) is 28.1 Å². The molecular formula is C13H13BrO4. The Morgan fingerprint density at radius 1 is 1.22 bits per heavy atom. The van der Waals surface area contributed by atoms with Gasteiger partial charge in [0.25, 0.3) is 0 Å². The topological polar surface area (TPSA) is 51.8 Å². The van der Waals surface area contributed by atoms with Crippen molar-refractivity contribution in [3.8, 4) is 11.5 Å². The average molecular weight is 313 g/mol. The molecule has 0 aliphatic heterocycles. The molecule has 1 aromatic carbocycles. The van der Waals surface area contributed by atoms with E-state index in [1.54, 1.807) is 31.4 Å². The van der Waals surface area contributed by atoms with Crippen LogP contribution in [0.4, 0.5) is 0 Å². The Hall–Kier alpha value is -1.46. The third-order valence-electron chi connectivity index (χ3n) is 2.62. The number of aliphatic hydroxyl groups excluding tert-OH is 1. The zero-order valence-corrected chi connectivity index (χ0v) is 11.6. The van der Waals surface area contributed by atoms with E-state index in [9.17, 15) is 5.11 Å². The smallest absolute Gasteiger partial charge is 0.166 e. The first-order valence-corrected chi connectivity index (χ1v) is 6.10. The number of halogens is 1. The minimum absolute atomic E-state index is 0.432. The molecule has 0 fully saturated rings. The van der Waals surface area contributed by atoms with Crippen molar-refractivity contribution >= 4 is 15.9 Å². The van der Waals surface area contributed by atoms with E-state index < -0.39 is 6.10 Å². The first-order valence-electron chi connectivity index (χ1n) is 5.31. The quantitative estimate of drug-likeness (QED) is 0.942. The maximum absolute atomic E-state index is 10.3. The van der Waals surface area contributed by atoms with Gasteiger partial charge in [0.2, 0.25) is 0 Å². The monoisotopic (exact) mass is 312 g/mol. The van der Waals surface area contributed by atoms with E-state index in [4.69, 9.17) is 13.9 Å². The Kier molecular flexibility index (Phi) is 3.93. The van der Waals surface area contributed by atoms with E-state index in [1.807, 2.05) is 0 Å². The summed E-state index contributed by atoms with van der Waals surface area (Å²) in [6, 6.07) is 7.05. The lowest BCUT2D eigenvalue weighted by molar-refractivity contribution is 0.183. The molecule has 18 heavy (non-hydrogen) atoms. The highest BCUT2D eigenvalue weighted by Gasteiger charge is 2.22. The number of furan rings is 1. The number of hydrogen-bond donors (Lipinski definition) is 1. The van der Waals surface area contributed by atoms with E-state index in [2.05, 4.69) is 15.9 Å². The van der Waals surface area contributed by atoms with Gasteiger partial charge in [0.15, 0.2) is 17.3 Å². The van der Waals surface area contributed by atoms with Crippen molar-refractivity contribution < 1.29 is 19.0 Å². The van der Waals surface area contributed by atoms with Gasteiger partial charge in [0, 0.05) is 5.56 Å². The van der Waals surface area contributed by atoms with Crippen molar-refractivity contribution in [2.24, 2.45) is 0 Å². The molecule has 1 atom stereocenters. The highest BCUT2D eigenvalue weighted by atomic mass is 79.9. The van der Waals surface area contributed by atoms with E-state index in [-0.39, 0.29) is 0 Å². The molecule has 4 nitrogen and oxygen atoms in total. The molecule has 1 N–H and O–H groups in total. The largest absolute Gasteiger partial charge is 0.493 e. The number of benzene rings is 1. The van der Waals surface area contributed by atoms with Crippen LogP contribution in [0.15, 0.2) is 39.4 Å².